The molecule has 1 unspecified atom stereocenters. The number of anilines is 1. The average Bonchev–Trinajstić information content (AvgIpc) is 3.24. The summed E-state index contributed by atoms with van der Waals surface area (Å²) in [6.45, 7) is 4.73. The lowest BCUT2D eigenvalue weighted by Crippen LogP contribution is -2.34. The van der Waals surface area contributed by atoms with Crippen LogP contribution in [0.4, 0.5) is 9.93 Å². The van der Waals surface area contributed by atoms with E-state index in [9.17, 15) is 4.79 Å². The van der Waals surface area contributed by atoms with Gasteiger partial charge in [-0.1, -0.05) is 29.8 Å². The van der Waals surface area contributed by atoms with Gasteiger partial charge in [0.25, 0.3) is 0 Å². The van der Waals surface area contributed by atoms with Gasteiger partial charge in [-0.15, -0.1) is 10.2 Å². The van der Waals surface area contributed by atoms with E-state index in [1.807, 2.05) is 13.0 Å². The minimum atomic E-state index is -0.153. The first kappa shape index (κ1) is 15.9. The van der Waals surface area contributed by atoms with Gasteiger partial charge in [0.15, 0.2) is 5.76 Å². The normalized spacial score (nSPS) is 17.7. The summed E-state index contributed by atoms with van der Waals surface area (Å²) in [6, 6.07) is 1.69. The monoisotopic (exact) mass is 335 g/mol. The summed E-state index contributed by atoms with van der Waals surface area (Å²) in [4.78, 5) is 14.3. The van der Waals surface area contributed by atoms with Gasteiger partial charge in [-0.05, 0) is 26.2 Å². The summed E-state index contributed by atoms with van der Waals surface area (Å²) in [5.41, 5.74) is 0.831. The minimum Gasteiger partial charge on any atom is -0.359 e. The molecule has 0 saturated carbocycles. The third-order valence-corrected chi connectivity index (χ3v) is 4.81. The second-order valence-electron chi connectivity index (χ2n) is 5.76. The Balaban J connectivity index is 1.64. The van der Waals surface area contributed by atoms with Gasteiger partial charge < -0.3 is 9.42 Å². The third-order valence-electron chi connectivity index (χ3n) is 3.91. The van der Waals surface area contributed by atoms with Crippen LogP contribution in [0.25, 0.3) is 0 Å². The van der Waals surface area contributed by atoms with Crippen molar-refractivity contribution in [2.45, 2.75) is 52.0 Å². The summed E-state index contributed by atoms with van der Waals surface area (Å²) < 4.78 is 5.33. The summed E-state index contributed by atoms with van der Waals surface area (Å²) >= 11 is 1.44. The molecule has 2 aromatic rings. The number of nitrogens with one attached hydrogen (secondary N) is 1. The predicted molar refractivity (Wildman–Crippen MR) is 87.5 cm³/mol. The molecule has 3 heterocycles. The van der Waals surface area contributed by atoms with Crippen LogP contribution in [0.15, 0.2) is 10.6 Å². The second kappa shape index (κ2) is 7.08. The predicted octanol–water partition coefficient (Wildman–Crippen LogP) is 3.55. The maximum Gasteiger partial charge on any atom is 0.324 e. The molecule has 1 saturated heterocycles. The number of amides is 2. The van der Waals surface area contributed by atoms with Crippen molar-refractivity contribution >= 4 is 22.5 Å². The summed E-state index contributed by atoms with van der Waals surface area (Å²) in [7, 11) is 0. The Hall–Kier alpha value is -1.96. The van der Waals surface area contributed by atoms with Crippen molar-refractivity contribution in [3.63, 3.8) is 0 Å². The van der Waals surface area contributed by atoms with Crippen LogP contribution < -0.4 is 5.32 Å². The Kier molecular flexibility index (Phi) is 4.90. The molecule has 2 aromatic heterocycles. The molecule has 1 N–H and O–H groups in total. The minimum absolute atomic E-state index is 0.0521. The molecule has 1 atom stereocenters. The van der Waals surface area contributed by atoms with Crippen molar-refractivity contribution in [2.75, 3.05) is 11.9 Å². The van der Waals surface area contributed by atoms with Gasteiger partial charge in [-0.3, -0.25) is 5.32 Å². The summed E-state index contributed by atoms with van der Waals surface area (Å²) in [6.07, 6.45) is 4.96. The van der Waals surface area contributed by atoms with E-state index in [0.29, 0.717) is 11.7 Å². The van der Waals surface area contributed by atoms with Crippen molar-refractivity contribution in [2.24, 2.45) is 0 Å². The lowest BCUT2D eigenvalue weighted by molar-refractivity contribution is 0.195. The molecule has 0 spiro atoms. The standard InChI is InChI=1S/C15H21N5O2S/c1-3-4-7-13-17-18-14(23-13)16-15(21)20-8-5-6-11(20)12-9-10(2)19-22-12/h9,11H,3-8H2,1-2H3,(H,16,18,21). The molecule has 0 aliphatic carbocycles. The van der Waals surface area contributed by atoms with E-state index in [1.54, 1.807) is 4.90 Å². The summed E-state index contributed by atoms with van der Waals surface area (Å²) in [5, 5.41) is 16.5. The van der Waals surface area contributed by atoms with Crippen molar-refractivity contribution in [1.29, 1.82) is 0 Å². The smallest absolute Gasteiger partial charge is 0.324 e. The quantitative estimate of drug-likeness (QED) is 0.903. The second-order valence-corrected chi connectivity index (χ2v) is 6.82. The molecule has 2 amide bonds. The number of rotatable bonds is 5. The largest absolute Gasteiger partial charge is 0.359 e. The Bertz CT molecular complexity index is 668. The van der Waals surface area contributed by atoms with E-state index < -0.39 is 0 Å². The van der Waals surface area contributed by atoms with E-state index in [1.165, 1.54) is 11.3 Å². The van der Waals surface area contributed by atoms with Crippen molar-refractivity contribution < 1.29 is 9.32 Å². The molecule has 8 heteroatoms. The Morgan fingerprint density at radius 3 is 3.13 bits per heavy atom. The molecule has 7 nitrogen and oxygen atoms in total. The molecule has 124 valence electrons. The fraction of sp³-hybridized carbons (Fsp3) is 0.600. The highest BCUT2D eigenvalue weighted by Crippen LogP contribution is 2.32. The lowest BCUT2D eigenvalue weighted by atomic mass is 10.1. The van der Waals surface area contributed by atoms with Gasteiger partial charge in [0.1, 0.15) is 5.01 Å². The van der Waals surface area contributed by atoms with Gasteiger partial charge >= 0.3 is 6.03 Å². The highest BCUT2D eigenvalue weighted by atomic mass is 32.1. The maximum atomic E-state index is 12.5. The first-order chi connectivity index (χ1) is 11.2. The molecule has 0 aromatic carbocycles. The van der Waals surface area contributed by atoms with E-state index in [0.717, 1.165) is 48.6 Å². The van der Waals surface area contributed by atoms with Crippen LogP contribution in [0.3, 0.4) is 0 Å². The Morgan fingerprint density at radius 1 is 1.52 bits per heavy atom. The van der Waals surface area contributed by atoms with Crippen LogP contribution in [0.1, 0.15) is 55.1 Å². The molecule has 1 aliphatic rings. The number of hydrogen-bond acceptors (Lipinski definition) is 6. The fourth-order valence-electron chi connectivity index (χ4n) is 2.74. The first-order valence-electron chi connectivity index (χ1n) is 8.00. The molecular formula is C15H21N5O2S. The van der Waals surface area contributed by atoms with Crippen molar-refractivity contribution in [3.05, 3.63) is 22.5 Å². The molecule has 1 aliphatic heterocycles. The van der Waals surface area contributed by atoms with E-state index in [2.05, 4.69) is 27.6 Å². The number of hydrogen-bond donors (Lipinski definition) is 1. The molecule has 23 heavy (non-hydrogen) atoms. The topological polar surface area (TPSA) is 84.2 Å². The number of aromatic nitrogens is 3. The van der Waals surface area contributed by atoms with Gasteiger partial charge in [0.2, 0.25) is 5.13 Å². The Labute approximate surface area is 139 Å². The van der Waals surface area contributed by atoms with Crippen molar-refractivity contribution in [3.8, 4) is 0 Å². The average molecular weight is 335 g/mol. The van der Waals surface area contributed by atoms with Crippen LogP contribution in [-0.2, 0) is 6.42 Å². The molecule has 3 rings (SSSR count). The van der Waals surface area contributed by atoms with Gasteiger partial charge in [0, 0.05) is 19.0 Å². The van der Waals surface area contributed by atoms with Crippen LogP contribution >= 0.6 is 11.3 Å². The zero-order chi connectivity index (χ0) is 16.2. The number of unbranched alkanes of at least 4 members (excludes halogenated alkanes) is 1. The van der Waals surface area contributed by atoms with E-state index in [-0.39, 0.29) is 12.1 Å². The molecule has 0 bridgehead atoms. The molecule has 1 fully saturated rings. The number of carbonyl (C=O) groups is 1. The Morgan fingerprint density at radius 2 is 2.39 bits per heavy atom. The van der Waals surface area contributed by atoms with Crippen LogP contribution in [0, 0.1) is 6.92 Å². The SMILES string of the molecule is CCCCc1nnc(NC(=O)N2CCCC2c2cc(C)no2)s1. The maximum absolute atomic E-state index is 12.5. The van der Waals surface area contributed by atoms with E-state index >= 15 is 0 Å². The van der Waals surface area contributed by atoms with E-state index in [4.69, 9.17) is 4.52 Å². The molecule has 0 radical (unpaired) electrons. The number of carbonyl (C=O) groups excluding carboxylic acids is 1. The van der Waals surface area contributed by atoms with Crippen molar-refractivity contribution in [1.82, 2.24) is 20.3 Å². The van der Waals surface area contributed by atoms with Gasteiger partial charge in [-0.2, -0.15) is 0 Å². The number of urea groups is 1. The van der Waals surface area contributed by atoms with Crippen LogP contribution in [-0.4, -0.2) is 32.8 Å². The van der Waals surface area contributed by atoms with Gasteiger partial charge in [0.05, 0.1) is 11.7 Å². The zero-order valence-corrected chi connectivity index (χ0v) is 14.2. The molecular weight excluding hydrogens is 314 g/mol. The highest BCUT2D eigenvalue weighted by Gasteiger charge is 2.33. The fourth-order valence-corrected chi connectivity index (χ4v) is 3.51. The first-order valence-corrected chi connectivity index (χ1v) is 8.82. The number of nitrogens with zero attached hydrogens (tertiary/aromatic N) is 4. The van der Waals surface area contributed by atoms with Crippen LogP contribution in [0.2, 0.25) is 0 Å². The zero-order valence-electron chi connectivity index (χ0n) is 13.4. The third kappa shape index (κ3) is 3.69. The van der Waals surface area contributed by atoms with Gasteiger partial charge in [-0.25, -0.2) is 4.79 Å². The summed E-state index contributed by atoms with van der Waals surface area (Å²) in [5.74, 6) is 0.746. The number of likely N-dealkylation sites (tertiary alicyclic amines) is 1. The van der Waals surface area contributed by atoms with Crippen LogP contribution in [0.5, 0.6) is 0 Å². The lowest BCUT2D eigenvalue weighted by Gasteiger charge is -2.22. The number of aryl methyl sites for hydroxylation is 2. The highest BCUT2D eigenvalue weighted by molar-refractivity contribution is 7.15.